The van der Waals surface area contributed by atoms with Gasteiger partial charge in [-0.3, -0.25) is 14.6 Å². The van der Waals surface area contributed by atoms with Crippen LogP contribution in [0, 0.1) is 4.77 Å². The van der Waals surface area contributed by atoms with Gasteiger partial charge in [0.2, 0.25) is 0 Å². The topological polar surface area (TPSA) is 46.5 Å². The van der Waals surface area contributed by atoms with E-state index in [1.807, 2.05) is 29.5 Å². The SMILES string of the molecule is S=c1[nH]nc(-c2ccccn2)n1C1CCCc2sccc21. The molecule has 106 valence electrons. The lowest BCUT2D eigenvalue weighted by atomic mass is 9.94. The maximum Gasteiger partial charge on any atom is 0.196 e. The van der Waals surface area contributed by atoms with Crippen LogP contribution in [-0.4, -0.2) is 19.7 Å². The third-order valence-electron chi connectivity index (χ3n) is 3.93. The number of rotatable bonds is 2. The van der Waals surface area contributed by atoms with E-state index >= 15 is 0 Å². The molecule has 1 aliphatic carbocycles. The second-order valence-corrected chi connectivity index (χ2v) is 6.53. The molecule has 0 saturated carbocycles. The van der Waals surface area contributed by atoms with Crippen LogP contribution in [-0.2, 0) is 6.42 Å². The molecule has 0 aromatic carbocycles. The molecular formula is C15H14N4S2. The first kappa shape index (κ1) is 12.9. The van der Waals surface area contributed by atoms with E-state index in [2.05, 4.69) is 31.2 Å². The fourth-order valence-electron chi connectivity index (χ4n) is 3.00. The average Bonchev–Trinajstić information content (AvgIpc) is 3.14. The van der Waals surface area contributed by atoms with E-state index in [0.29, 0.717) is 4.77 Å². The molecule has 1 aliphatic rings. The first-order valence-electron chi connectivity index (χ1n) is 6.99. The quantitative estimate of drug-likeness (QED) is 0.728. The summed E-state index contributed by atoms with van der Waals surface area (Å²) < 4.78 is 2.79. The monoisotopic (exact) mass is 314 g/mol. The van der Waals surface area contributed by atoms with Crippen LogP contribution in [0.15, 0.2) is 35.8 Å². The highest BCUT2D eigenvalue weighted by atomic mass is 32.1. The van der Waals surface area contributed by atoms with E-state index in [9.17, 15) is 0 Å². The van der Waals surface area contributed by atoms with Crippen molar-refractivity contribution in [1.82, 2.24) is 19.7 Å². The minimum absolute atomic E-state index is 0.267. The van der Waals surface area contributed by atoms with Crippen LogP contribution in [0.2, 0.25) is 0 Å². The van der Waals surface area contributed by atoms with Crippen LogP contribution < -0.4 is 0 Å². The third-order valence-corrected chi connectivity index (χ3v) is 5.21. The second-order valence-electron chi connectivity index (χ2n) is 5.14. The third kappa shape index (κ3) is 2.15. The van der Waals surface area contributed by atoms with Gasteiger partial charge in [-0.2, -0.15) is 5.10 Å². The van der Waals surface area contributed by atoms with Gasteiger partial charge in [-0.05, 0) is 60.6 Å². The Labute approximate surface area is 131 Å². The van der Waals surface area contributed by atoms with Crippen LogP contribution in [0.25, 0.3) is 11.5 Å². The van der Waals surface area contributed by atoms with Gasteiger partial charge in [0, 0.05) is 11.1 Å². The lowest BCUT2D eigenvalue weighted by molar-refractivity contribution is 0.493. The van der Waals surface area contributed by atoms with E-state index in [1.54, 1.807) is 6.20 Å². The summed E-state index contributed by atoms with van der Waals surface area (Å²) in [5, 5.41) is 9.51. The molecule has 21 heavy (non-hydrogen) atoms. The van der Waals surface area contributed by atoms with E-state index < -0.39 is 0 Å². The summed E-state index contributed by atoms with van der Waals surface area (Å²) in [5.74, 6) is 0.824. The van der Waals surface area contributed by atoms with Gasteiger partial charge in [-0.1, -0.05) is 6.07 Å². The largest absolute Gasteiger partial charge is 0.291 e. The normalized spacial score (nSPS) is 17.6. The number of hydrogen-bond acceptors (Lipinski definition) is 4. The van der Waals surface area contributed by atoms with Crippen LogP contribution in [0.1, 0.15) is 29.3 Å². The number of H-pyrrole nitrogens is 1. The molecule has 1 N–H and O–H groups in total. The second kappa shape index (κ2) is 5.20. The number of aromatic amines is 1. The molecule has 6 heteroatoms. The van der Waals surface area contributed by atoms with Gasteiger partial charge in [0.1, 0.15) is 5.69 Å². The van der Waals surface area contributed by atoms with Gasteiger partial charge in [0.25, 0.3) is 0 Å². The van der Waals surface area contributed by atoms with Crippen molar-refractivity contribution in [3.05, 3.63) is 51.1 Å². The zero-order valence-electron chi connectivity index (χ0n) is 11.3. The van der Waals surface area contributed by atoms with Gasteiger partial charge in [0.15, 0.2) is 10.6 Å². The molecule has 0 bridgehead atoms. The summed E-state index contributed by atoms with van der Waals surface area (Å²) in [5.41, 5.74) is 2.24. The highest BCUT2D eigenvalue weighted by Crippen LogP contribution is 2.37. The predicted octanol–water partition coefficient (Wildman–Crippen LogP) is 3.99. The van der Waals surface area contributed by atoms with E-state index in [0.717, 1.165) is 17.9 Å². The molecule has 0 spiro atoms. The lowest BCUT2D eigenvalue weighted by Crippen LogP contribution is -2.17. The minimum atomic E-state index is 0.267. The number of pyridine rings is 1. The summed E-state index contributed by atoms with van der Waals surface area (Å²) in [6.07, 6.45) is 5.24. The molecule has 0 aliphatic heterocycles. The maximum atomic E-state index is 5.48. The number of nitrogens with zero attached hydrogens (tertiary/aromatic N) is 3. The highest BCUT2D eigenvalue weighted by molar-refractivity contribution is 7.71. The number of nitrogens with one attached hydrogen (secondary N) is 1. The molecular weight excluding hydrogens is 300 g/mol. The zero-order valence-corrected chi connectivity index (χ0v) is 13.0. The molecule has 4 nitrogen and oxygen atoms in total. The molecule has 0 saturated heterocycles. The van der Waals surface area contributed by atoms with Crippen molar-refractivity contribution in [2.75, 3.05) is 0 Å². The molecule has 4 rings (SSSR count). The van der Waals surface area contributed by atoms with E-state index in [1.165, 1.54) is 23.3 Å². The van der Waals surface area contributed by atoms with Crippen molar-refractivity contribution in [1.29, 1.82) is 0 Å². The maximum absolute atomic E-state index is 5.48. The first-order valence-corrected chi connectivity index (χ1v) is 8.28. The lowest BCUT2D eigenvalue weighted by Gasteiger charge is -2.24. The van der Waals surface area contributed by atoms with Crippen LogP contribution in [0.5, 0.6) is 0 Å². The molecule has 3 heterocycles. The van der Waals surface area contributed by atoms with Gasteiger partial charge < -0.3 is 0 Å². The Morgan fingerprint density at radius 2 is 2.29 bits per heavy atom. The number of fused-ring (bicyclic) bond motifs is 1. The number of hydrogen-bond donors (Lipinski definition) is 1. The molecule has 3 aromatic rings. The summed E-state index contributed by atoms with van der Waals surface area (Å²) in [7, 11) is 0. The predicted molar refractivity (Wildman–Crippen MR) is 86.0 cm³/mol. The molecule has 1 unspecified atom stereocenters. The smallest absolute Gasteiger partial charge is 0.196 e. The minimum Gasteiger partial charge on any atom is -0.291 e. The average molecular weight is 314 g/mol. The van der Waals surface area contributed by atoms with Crippen molar-refractivity contribution >= 4 is 23.6 Å². The van der Waals surface area contributed by atoms with Gasteiger partial charge >= 0.3 is 0 Å². The summed E-state index contributed by atoms with van der Waals surface area (Å²) in [4.78, 5) is 5.89. The standard InChI is InChI=1S/C15H14N4S2/c20-15-18-17-14(11-4-1-2-8-16-11)19(15)12-5-3-6-13-10(12)7-9-21-13/h1-2,4,7-9,12H,3,5-6H2,(H,18,20). The summed E-state index contributed by atoms with van der Waals surface area (Å²) in [6, 6.07) is 8.34. The van der Waals surface area contributed by atoms with Crippen LogP contribution in [0.4, 0.5) is 0 Å². The van der Waals surface area contributed by atoms with Crippen molar-refractivity contribution < 1.29 is 0 Å². The van der Waals surface area contributed by atoms with E-state index in [4.69, 9.17) is 12.2 Å². The van der Waals surface area contributed by atoms with Crippen molar-refractivity contribution in [3.63, 3.8) is 0 Å². The Hall–Kier alpha value is -1.79. The summed E-state index contributed by atoms with van der Waals surface area (Å²) >= 11 is 7.32. The van der Waals surface area contributed by atoms with Crippen LogP contribution in [0.3, 0.4) is 0 Å². The highest BCUT2D eigenvalue weighted by Gasteiger charge is 2.26. The van der Waals surface area contributed by atoms with E-state index in [-0.39, 0.29) is 6.04 Å². The van der Waals surface area contributed by atoms with Crippen LogP contribution >= 0.6 is 23.6 Å². The number of thiophene rings is 1. The Balaban J connectivity index is 1.88. The molecule has 0 amide bonds. The molecule has 1 atom stereocenters. The van der Waals surface area contributed by atoms with Gasteiger partial charge in [-0.25, -0.2) is 0 Å². The molecule has 0 fully saturated rings. The van der Waals surface area contributed by atoms with Crippen molar-refractivity contribution in [3.8, 4) is 11.5 Å². The Morgan fingerprint density at radius 3 is 3.14 bits per heavy atom. The number of aryl methyl sites for hydroxylation is 1. The Kier molecular flexibility index (Phi) is 3.20. The number of aromatic nitrogens is 4. The van der Waals surface area contributed by atoms with Crippen molar-refractivity contribution in [2.45, 2.75) is 25.3 Å². The fraction of sp³-hybridized carbons (Fsp3) is 0.267. The molecule has 3 aromatic heterocycles. The zero-order chi connectivity index (χ0) is 14.2. The van der Waals surface area contributed by atoms with Crippen molar-refractivity contribution in [2.24, 2.45) is 0 Å². The van der Waals surface area contributed by atoms with Gasteiger partial charge in [0.05, 0.1) is 6.04 Å². The first-order chi connectivity index (χ1) is 10.3. The Morgan fingerprint density at radius 1 is 1.33 bits per heavy atom. The van der Waals surface area contributed by atoms with Gasteiger partial charge in [-0.15, -0.1) is 11.3 Å². The summed E-state index contributed by atoms with van der Waals surface area (Å²) in [6.45, 7) is 0. The Bertz CT molecular complexity index is 816. The fourth-order valence-corrected chi connectivity index (χ4v) is 4.24. The molecule has 0 radical (unpaired) electrons.